The van der Waals surface area contributed by atoms with Crippen LogP contribution in [0.1, 0.15) is 142 Å². The van der Waals surface area contributed by atoms with Gasteiger partial charge in [0, 0.05) is 50.6 Å². The van der Waals surface area contributed by atoms with Crippen molar-refractivity contribution in [3.63, 3.8) is 0 Å². The van der Waals surface area contributed by atoms with Gasteiger partial charge >= 0.3 is 11.9 Å². The molecule has 0 aliphatic heterocycles. The molecule has 0 unspecified atom stereocenters. The van der Waals surface area contributed by atoms with Crippen molar-refractivity contribution in [3.05, 3.63) is 0 Å². The first kappa shape index (κ1) is 33.8. The van der Waals surface area contributed by atoms with E-state index in [0.717, 1.165) is 25.7 Å². The summed E-state index contributed by atoms with van der Waals surface area (Å²) >= 11 is 0. The smallest absolute Gasteiger partial charge is 0.303 e. The molecule has 0 rings (SSSR count). The number of unbranched alkanes of at least 4 members (excludes halogenated alkanes) is 16. The number of aliphatic carboxylic acids is 2. The molecule has 2 radical (unpaired) electrons. The first-order valence-corrected chi connectivity index (χ1v) is 12.0. The fourth-order valence-electron chi connectivity index (χ4n) is 3.17. The molecule has 0 fully saturated rings. The molecule has 5 heteroatoms. The van der Waals surface area contributed by atoms with Gasteiger partial charge in [-0.25, -0.2) is 0 Å². The summed E-state index contributed by atoms with van der Waals surface area (Å²) in [6.07, 6.45) is 23.0. The first-order valence-electron chi connectivity index (χ1n) is 12.0. The van der Waals surface area contributed by atoms with Crippen molar-refractivity contribution in [1.82, 2.24) is 0 Å². The molecule has 2 N–H and O–H groups in total. The van der Waals surface area contributed by atoms with E-state index in [1.165, 1.54) is 89.9 Å². The van der Waals surface area contributed by atoms with Crippen LogP contribution in [0.5, 0.6) is 0 Å². The topological polar surface area (TPSA) is 74.6 Å². The average molecular weight is 441 g/mol. The maximum atomic E-state index is 10.2. The van der Waals surface area contributed by atoms with Crippen molar-refractivity contribution >= 4 is 49.7 Å². The fraction of sp³-hybridized carbons (Fsp3) is 0.917. The van der Waals surface area contributed by atoms with Crippen molar-refractivity contribution in [2.24, 2.45) is 0 Å². The Labute approximate surface area is 210 Å². The van der Waals surface area contributed by atoms with Gasteiger partial charge in [-0.15, -0.1) is 0 Å². The van der Waals surface area contributed by atoms with Crippen molar-refractivity contribution in [3.8, 4) is 0 Å². The van der Waals surface area contributed by atoms with Gasteiger partial charge in [0.15, 0.2) is 0 Å². The zero-order valence-corrected chi connectivity index (χ0v) is 21.8. The molecule has 0 saturated carbocycles. The van der Waals surface area contributed by atoms with Crippen LogP contribution in [-0.2, 0) is 9.59 Å². The minimum atomic E-state index is -0.659. The van der Waals surface area contributed by atoms with E-state index in [2.05, 4.69) is 13.8 Å². The number of hydrogen-bond acceptors (Lipinski definition) is 2. The van der Waals surface area contributed by atoms with Gasteiger partial charge in [0.25, 0.3) is 0 Å². The SMILES string of the molecule is CCCCCCCCCCCC(=O)O.CCCCCCCCCCCC(=O)O.[Ca]. The van der Waals surface area contributed by atoms with Crippen molar-refractivity contribution in [1.29, 1.82) is 0 Å². The Morgan fingerprint density at radius 3 is 0.862 bits per heavy atom. The molecule has 0 bridgehead atoms. The van der Waals surface area contributed by atoms with E-state index < -0.39 is 11.9 Å². The summed E-state index contributed by atoms with van der Waals surface area (Å²) in [4.78, 5) is 20.4. The molecule has 0 atom stereocenters. The number of carbonyl (C=O) groups is 2. The summed E-state index contributed by atoms with van der Waals surface area (Å²) in [5.74, 6) is -1.32. The van der Waals surface area contributed by atoms with Gasteiger partial charge in [0.1, 0.15) is 0 Å². The fourth-order valence-corrected chi connectivity index (χ4v) is 3.17. The minimum Gasteiger partial charge on any atom is -0.481 e. The number of carboxylic acid groups (broad SMARTS) is 2. The second-order valence-electron chi connectivity index (χ2n) is 7.94. The minimum absolute atomic E-state index is 0. The summed E-state index contributed by atoms with van der Waals surface area (Å²) in [7, 11) is 0. The summed E-state index contributed by atoms with van der Waals surface area (Å²) in [6, 6.07) is 0. The van der Waals surface area contributed by atoms with Gasteiger partial charge < -0.3 is 10.2 Å². The van der Waals surface area contributed by atoms with Crippen LogP contribution in [0, 0.1) is 0 Å². The Hall–Kier alpha value is 0.200. The molecule has 0 aromatic rings. The third-order valence-corrected chi connectivity index (χ3v) is 4.99. The van der Waals surface area contributed by atoms with Crippen LogP contribution in [0.3, 0.4) is 0 Å². The van der Waals surface area contributed by atoms with Gasteiger partial charge in [-0.2, -0.15) is 0 Å². The quantitative estimate of drug-likeness (QED) is 0.151. The molecular formula is C24H48CaO4. The zero-order chi connectivity index (χ0) is 21.3. The third-order valence-electron chi connectivity index (χ3n) is 4.99. The molecule has 0 heterocycles. The summed E-state index contributed by atoms with van der Waals surface area (Å²) in [5, 5.41) is 16.8. The second-order valence-corrected chi connectivity index (χ2v) is 7.94. The molecule has 29 heavy (non-hydrogen) atoms. The van der Waals surface area contributed by atoms with Crippen molar-refractivity contribution in [2.45, 2.75) is 142 Å². The van der Waals surface area contributed by atoms with Crippen LogP contribution in [0.25, 0.3) is 0 Å². The predicted molar refractivity (Wildman–Crippen MR) is 125 cm³/mol. The molecule has 0 aromatic heterocycles. The van der Waals surface area contributed by atoms with E-state index in [-0.39, 0.29) is 37.7 Å². The molecule has 0 aliphatic carbocycles. The molecule has 4 nitrogen and oxygen atoms in total. The Kier molecular flexibility index (Phi) is 35.5. The Morgan fingerprint density at radius 2 is 0.655 bits per heavy atom. The Balaban J connectivity index is -0.000000451. The maximum Gasteiger partial charge on any atom is 0.303 e. The van der Waals surface area contributed by atoms with Gasteiger partial charge in [-0.1, -0.05) is 117 Å². The molecule has 0 spiro atoms. The molecule has 170 valence electrons. The van der Waals surface area contributed by atoms with Crippen LogP contribution in [0.4, 0.5) is 0 Å². The van der Waals surface area contributed by atoms with Crippen LogP contribution in [0.2, 0.25) is 0 Å². The summed E-state index contributed by atoms with van der Waals surface area (Å²) < 4.78 is 0. The molecule has 0 aliphatic rings. The van der Waals surface area contributed by atoms with Crippen LogP contribution in [-0.4, -0.2) is 59.9 Å². The Morgan fingerprint density at radius 1 is 0.448 bits per heavy atom. The second kappa shape index (κ2) is 30.4. The standard InChI is InChI=1S/2C12H24O2.Ca/c2*1-2-3-4-5-6-7-8-9-10-11-12(13)14;/h2*2-11H2,1H3,(H,13,14);. The summed E-state index contributed by atoms with van der Waals surface area (Å²) in [6.45, 7) is 4.46. The van der Waals surface area contributed by atoms with Crippen LogP contribution >= 0.6 is 0 Å². The average Bonchev–Trinajstić information content (AvgIpc) is 2.65. The van der Waals surface area contributed by atoms with E-state index in [1.54, 1.807) is 0 Å². The van der Waals surface area contributed by atoms with Crippen molar-refractivity contribution < 1.29 is 19.8 Å². The maximum absolute atomic E-state index is 10.2. The largest absolute Gasteiger partial charge is 0.481 e. The van der Waals surface area contributed by atoms with Gasteiger partial charge in [-0.05, 0) is 12.8 Å². The molecule has 0 amide bonds. The third kappa shape index (κ3) is 39.3. The monoisotopic (exact) mass is 440 g/mol. The zero-order valence-electron chi connectivity index (χ0n) is 19.6. The van der Waals surface area contributed by atoms with Gasteiger partial charge in [-0.3, -0.25) is 9.59 Å². The van der Waals surface area contributed by atoms with E-state index in [4.69, 9.17) is 10.2 Å². The van der Waals surface area contributed by atoms with E-state index in [9.17, 15) is 9.59 Å². The predicted octanol–water partition coefficient (Wildman–Crippen LogP) is 7.60. The Bertz CT molecular complexity index is 303. The molecule has 0 saturated heterocycles. The summed E-state index contributed by atoms with van der Waals surface area (Å²) in [5.41, 5.74) is 0. The first-order chi connectivity index (χ1) is 13.5. The number of carboxylic acids is 2. The van der Waals surface area contributed by atoms with E-state index >= 15 is 0 Å². The normalized spacial score (nSPS) is 10.0. The van der Waals surface area contributed by atoms with E-state index in [0.29, 0.717) is 12.8 Å². The van der Waals surface area contributed by atoms with Crippen LogP contribution in [0.15, 0.2) is 0 Å². The van der Waals surface area contributed by atoms with Crippen molar-refractivity contribution in [2.75, 3.05) is 0 Å². The molecule has 0 aromatic carbocycles. The number of hydrogen-bond donors (Lipinski definition) is 2. The molecular weight excluding hydrogens is 392 g/mol. The van der Waals surface area contributed by atoms with Crippen LogP contribution < -0.4 is 0 Å². The number of rotatable bonds is 20. The van der Waals surface area contributed by atoms with Gasteiger partial charge in [0.05, 0.1) is 0 Å². The van der Waals surface area contributed by atoms with E-state index in [1.807, 2.05) is 0 Å². The van der Waals surface area contributed by atoms with Gasteiger partial charge in [0.2, 0.25) is 0 Å².